The fourth-order valence-corrected chi connectivity index (χ4v) is 2.23. The van der Waals surface area contributed by atoms with Gasteiger partial charge in [-0.2, -0.15) is 13.2 Å². The number of nitrogens with zero attached hydrogens (tertiary/aromatic N) is 1. The van der Waals surface area contributed by atoms with E-state index in [4.69, 9.17) is 5.73 Å². The van der Waals surface area contributed by atoms with E-state index in [0.29, 0.717) is 11.2 Å². The summed E-state index contributed by atoms with van der Waals surface area (Å²) in [4.78, 5) is 0. The highest BCUT2D eigenvalue weighted by molar-refractivity contribution is 5.85. The highest BCUT2D eigenvalue weighted by atomic mass is 19.4. The third-order valence-electron chi connectivity index (χ3n) is 3.05. The summed E-state index contributed by atoms with van der Waals surface area (Å²) in [6.07, 6.45) is -4.35. The number of rotatable bonds is 1. The molecule has 2 rings (SSSR count). The number of halogens is 3. The smallest absolute Gasteiger partial charge is 0.346 e. The topological polar surface area (TPSA) is 30.9 Å². The van der Waals surface area contributed by atoms with E-state index in [1.165, 1.54) is 12.1 Å². The Morgan fingerprint density at radius 3 is 2.28 bits per heavy atom. The standard InChI is InChI=1S/C13H15F3N2/c1-12(2,17)11-7-8-9(13(14,15)16)5-4-6-10(8)18(11)3/h4-7H,17H2,1-3H3. The van der Waals surface area contributed by atoms with Gasteiger partial charge in [-0.3, -0.25) is 0 Å². The maximum atomic E-state index is 12.9. The van der Waals surface area contributed by atoms with Crippen LogP contribution in [-0.2, 0) is 18.8 Å². The van der Waals surface area contributed by atoms with Crippen molar-refractivity contribution in [3.8, 4) is 0 Å². The minimum absolute atomic E-state index is 0.195. The summed E-state index contributed by atoms with van der Waals surface area (Å²) in [5.41, 5.74) is 5.89. The largest absolute Gasteiger partial charge is 0.417 e. The van der Waals surface area contributed by atoms with Gasteiger partial charge in [0.15, 0.2) is 0 Å². The van der Waals surface area contributed by atoms with Crippen LogP contribution >= 0.6 is 0 Å². The van der Waals surface area contributed by atoms with Crippen molar-refractivity contribution in [3.05, 3.63) is 35.5 Å². The molecule has 0 saturated carbocycles. The summed E-state index contributed by atoms with van der Waals surface area (Å²) in [7, 11) is 1.73. The van der Waals surface area contributed by atoms with Gasteiger partial charge in [-0.1, -0.05) is 6.07 Å². The monoisotopic (exact) mass is 256 g/mol. The maximum absolute atomic E-state index is 12.9. The average molecular weight is 256 g/mol. The van der Waals surface area contributed by atoms with Crippen molar-refractivity contribution < 1.29 is 13.2 Å². The SMILES string of the molecule is Cn1c(C(C)(C)N)cc2c(C(F)(F)F)cccc21. The second-order valence-electron chi connectivity index (χ2n) is 5.05. The van der Waals surface area contributed by atoms with Gasteiger partial charge in [0.25, 0.3) is 0 Å². The fraction of sp³-hybridized carbons (Fsp3) is 0.385. The number of benzene rings is 1. The second kappa shape index (κ2) is 3.75. The lowest BCUT2D eigenvalue weighted by Gasteiger charge is -2.19. The van der Waals surface area contributed by atoms with Crippen molar-refractivity contribution in [2.45, 2.75) is 25.6 Å². The molecule has 0 aliphatic rings. The summed E-state index contributed by atoms with van der Waals surface area (Å²) in [5, 5.41) is 0.195. The number of hydrogen-bond acceptors (Lipinski definition) is 1. The molecule has 0 unspecified atom stereocenters. The lowest BCUT2D eigenvalue weighted by Crippen LogP contribution is -2.30. The average Bonchev–Trinajstić information content (AvgIpc) is 2.54. The van der Waals surface area contributed by atoms with Gasteiger partial charge in [0, 0.05) is 23.6 Å². The lowest BCUT2D eigenvalue weighted by atomic mass is 10.0. The molecule has 0 atom stereocenters. The van der Waals surface area contributed by atoms with E-state index in [0.717, 1.165) is 6.07 Å². The third kappa shape index (κ3) is 1.99. The Hall–Kier alpha value is -1.49. The van der Waals surface area contributed by atoms with E-state index in [9.17, 15) is 13.2 Å². The molecule has 0 aliphatic heterocycles. The molecule has 5 heteroatoms. The third-order valence-corrected chi connectivity index (χ3v) is 3.05. The van der Waals surface area contributed by atoms with Gasteiger partial charge in [0.1, 0.15) is 0 Å². The highest BCUT2D eigenvalue weighted by Crippen LogP contribution is 2.37. The summed E-state index contributed by atoms with van der Waals surface area (Å²) >= 11 is 0. The van der Waals surface area contributed by atoms with Crippen molar-refractivity contribution in [1.29, 1.82) is 0 Å². The Bertz CT molecular complexity index is 589. The summed E-state index contributed by atoms with van der Waals surface area (Å²) < 4.78 is 40.5. The van der Waals surface area contributed by atoms with E-state index in [2.05, 4.69) is 0 Å². The minimum Gasteiger partial charge on any atom is -0.346 e. The zero-order chi connectivity index (χ0) is 13.7. The predicted octanol–water partition coefficient (Wildman–Crippen LogP) is 3.39. The number of alkyl halides is 3. The Labute approximate surface area is 103 Å². The van der Waals surface area contributed by atoms with Gasteiger partial charge < -0.3 is 10.3 Å². The zero-order valence-corrected chi connectivity index (χ0v) is 10.5. The van der Waals surface area contributed by atoms with Crippen molar-refractivity contribution >= 4 is 10.9 Å². The molecule has 2 aromatic rings. The predicted molar refractivity (Wildman–Crippen MR) is 65.1 cm³/mol. The van der Waals surface area contributed by atoms with Crippen molar-refractivity contribution in [2.75, 3.05) is 0 Å². The van der Waals surface area contributed by atoms with Crippen molar-refractivity contribution in [2.24, 2.45) is 12.8 Å². The van der Waals surface area contributed by atoms with E-state index >= 15 is 0 Å². The molecule has 1 heterocycles. The second-order valence-corrected chi connectivity index (χ2v) is 5.05. The number of nitrogens with two attached hydrogens (primary N) is 1. The number of aryl methyl sites for hydroxylation is 1. The van der Waals surface area contributed by atoms with E-state index in [-0.39, 0.29) is 5.39 Å². The fourth-order valence-electron chi connectivity index (χ4n) is 2.23. The van der Waals surface area contributed by atoms with Crippen LogP contribution in [0, 0.1) is 0 Å². The molecule has 1 aromatic heterocycles. The Kier molecular flexibility index (Phi) is 2.70. The van der Waals surface area contributed by atoms with E-state index in [1.807, 2.05) is 0 Å². The molecule has 0 radical (unpaired) electrons. The first-order valence-corrected chi connectivity index (χ1v) is 5.57. The molecule has 0 spiro atoms. The summed E-state index contributed by atoms with van der Waals surface area (Å²) in [6.45, 7) is 3.54. The van der Waals surface area contributed by atoms with Crippen LogP contribution in [0.2, 0.25) is 0 Å². The summed E-state index contributed by atoms with van der Waals surface area (Å²) in [5.74, 6) is 0. The van der Waals surface area contributed by atoms with Gasteiger partial charge in [-0.05, 0) is 32.0 Å². The first kappa shape index (κ1) is 13.0. The van der Waals surface area contributed by atoms with E-state index < -0.39 is 17.3 Å². The molecule has 2 nitrogen and oxygen atoms in total. The highest BCUT2D eigenvalue weighted by Gasteiger charge is 2.33. The Morgan fingerprint density at radius 2 is 1.78 bits per heavy atom. The molecule has 1 aromatic carbocycles. The van der Waals surface area contributed by atoms with Crippen molar-refractivity contribution in [1.82, 2.24) is 4.57 Å². The Morgan fingerprint density at radius 1 is 1.17 bits per heavy atom. The van der Waals surface area contributed by atoms with Gasteiger partial charge in [-0.25, -0.2) is 0 Å². The number of fused-ring (bicyclic) bond motifs is 1. The van der Waals surface area contributed by atoms with Gasteiger partial charge in [0.2, 0.25) is 0 Å². The van der Waals surface area contributed by atoms with Gasteiger partial charge in [-0.15, -0.1) is 0 Å². The van der Waals surface area contributed by atoms with Gasteiger partial charge in [0.05, 0.1) is 11.1 Å². The Balaban J connectivity index is 2.81. The van der Waals surface area contributed by atoms with Crippen molar-refractivity contribution in [3.63, 3.8) is 0 Å². The number of hydrogen-bond donors (Lipinski definition) is 1. The minimum atomic E-state index is -4.35. The molecule has 98 valence electrons. The van der Waals surface area contributed by atoms with E-state index in [1.54, 1.807) is 31.5 Å². The quantitative estimate of drug-likeness (QED) is 0.833. The van der Waals surface area contributed by atoms with Crippen LogP contribution in [0.5, 0.6) is 0 Å². The molecule has 2 N–H and O–H groups in total. The van der Waals surface area contributed by atoms with Crippen LogP contribution in [0.25, 0.3) is 10.9 Å². The molecular weight excluding hydrogens is 241 g/mol. The number of aromatic nitrogens is 1. The lowest BCUT2D eigenvalue weighted by molar-refractivity contribution is -0.136. The molecule has 0 aliphatic carbocycles. The van der Waals surface area contributed by atoms with Crippen LogP contribution < -0.4 is 5.73 Å². The molecule has 0 bridgehead atoms. The maximum Gasteiger partial charge on any atom is 0.417 e. The molecule has 0 saturated heterocycles. The van der Waals surface area contributed by atoms with Crippen LogP contribution in [0.3, 0.4) is 0 Å². The zero-order valence-electron chi connectivity index (χ0n) is 10.5. The first-order valence-electron chi connectivity index (χ1n) is 5.57. The molecular formula is C13H15F3N2. The van der Waals surface area contributed by atoms with Crippen LogP contribution in [-0.4, -0.2) is 4.57 Å². The molecule has 0 fully saturated rings. The van der Waals surface area contributed by atoms with Crippen LogP contribution in [0.15, 0.2) is 24.3 Å². The molecule has 0 amide bonds. The molecule has 18 heavy (non-hydrogen) atoms. The summed E-state index contributed by atoms with van der Waals surface area (Å²) in [6, 6.07) is 5.70. The van der Waals surface area contributed by atoms with Crippen LogP contribution in [0.4, 0.5) is 13.2 Å². The normalized spacial score (nSPS) is 13.3. The van der Waals surface area contributed by atoms with Crippen LogP contribution in [0.1, 0.15) is 25.1 Å². The van der Waals surface area contributed by atoms with Gasteiger partial charge >= 0.3 is 6.18 Å². The first-order chi connectivity index (χ1) is 8.12.